The molecule has 4 N–H and O–H groups in total. The van der Waals surface area contributed by atoms with E-state index in [4.69, 9.17) is 5.73 Å². The summed E-state index contributed by atoms with van der Waals surface area (Å²) in [4.78, 5) is 13.5. The van der Waals surface area contributed by atoms with Crippen LogP contribution >= 0.6 is 0 Å². The van der Waals surface area contributed by atoms with Gasteiger partial charge >= 0.3 is 0 Å². The molecule has 1 rings (SSSR count). The predicted molar refractivity (Wildman–Crippen MR) is 76.7 cm³/mol. The Kier molecular flexibility index (Phi) is 6.75. The standard InChI is InChI=1S/C14H29N3O2/c1-10(2)14(19)7-12-6-13(16-11(3)18)9-17(8-12)5-4-15/h10,12-14,19H,4-9,15H2,1-3H3,(H,16,18). The summed E-state index contributed by atoms with van der Waals surface area (Å²) < 4.78 is 0. The predicted octanol–water partition coefficient (Wildman–Crippen LogP) is 0.179. The van der Waals surface area contributed by atoms with Crippen LogP contribution in [0, 0.1) is 11.8 Å². The van der Waals surface area contributed by atoms with Gasteiger partial charge in [0.2, 0.25) is 5.91 Å². The fourth-order valence-electron chi connectivity index (χ4n) is 2.84. The Morgan fingerprint density at radius 2 is 2.16 bits per heavy atom. The van der Waals surface area contributed by atoms with E-state index in [-0.39, 0.29) is 24.0 Å². The second kappa shape index (κ2) is 7.82. The summed E-state index contributed by atoms with van der Waals surface area (Å²) >= 11 is 0. The van der Waals surface area contributed by atoms with E-state index >= 15 is 0 Å². The third-order valence-electron chi connectivity index (χ3n) is 3.81. The van der Waals surface area contributed by atoms with Crippen molar-refractivity contribution in [3.63, 3.8) is 0 Å². The number of hydrogen-bond donors (Lipinski definition) is 3. The van der Waals surface area contributed by atoms with Crippen molar-refractivity contribution in [1.29, 1.82) is 0 Å². The van der Waals surface area contributed by atoms with Crippen LogP contribution < -0.4 is 11.1 Å². The molecule has 0 saturated carbocycles. The molecule has 0 bridgehead atoms. The molecule has 1 fully saturated rings. The van der Waals surface area contributed by atoms with Crippen molar-refractivity contribution in [3.8, 4) is 0 Å². The maximum atomic E-state index is 11.2. The van der Waals surface area contributed by atoms with Gasteiger partial charge in [-0.1, -0.05) is 13.8 Å². The number of carbonyl (C=O) groups is 1. The van der Waals surface area contributed by atoms with E-state index < -0.39 is 0 Å². The number of amides is 1. The average molecular weight is 271 g/mol. The number of nitrogens with zero attached hydrogens (tertiary/aromatic N) is 1. The minimum Gasteiger partial charge on any atom is -0.393 e. The van der Waals surface area contributed by atoms with Crippen LogP contribution in [0.1, 0.15) is 33.6 Å². The fraction of sp³-hybridized carbons (Fsp3) is 0.929. The Labute approximate surface area is 116 Å². The first-order chi connectivity index (χ1) is 8.92. The topological polar surface area (TPSA) is 78.6 Å². The second-order valence-corrected chi connectivity index (χ2v) is 6.09. The number of nitrogens with two attached hydrogens (primary N) is 1. The molecule has 19 heavy (non-hydrogen) atoms. The molecule has 5 heteroatoms. The van der Waals surface area contributed by atoms with E-state index in [2.05, 4.69) is 10.2 Å². The molecule has 0 spiro atoms. The maximum absolute atomic E-state index is 11.2. The number of rotatable bonds is 6. The number of aliphatic hydroxyl groups is 1. The smallest absolute Gasteiger partial charge is 0.217 e. The Morgan fingerprint density at radius 1 is 1.47 bits per heavy atom. The number of aliphatic hydroxyl groups excluding tert-OH is 1. The van der Waals surface area contributed by atoms with Crippen LogP contribution in [-0.4, -0.2) is 54.2 Å². The highest BCUT2D eigenvalue weighted by atomic mass is 16.3. The summed E-state index contributed by atoms with van der Waals surface area (Å²) in [7, 11) is 0. The lowest BCUT2D eigenvalue weighted by atomic mass is 9.86. The Balaban J connectivity index is 2.56. The zero-order valence-corrected chi connectivity index (χ0v) is 12.4. The van der Waals surface area contributed by atoms with Gasteiger partial charge in [-0.2, -0.15) is 0 Å². The van der Waals surface area contributed by atoms with Gasteiger partial charge in [0.05, 0.1) is 6.10 Å². The van der Waals surface area contributed by atoms with E-state index in [1.165, 1.54) is 0 Å². The molecule has 0 aromatic rings. The molecule has 3 unspecified atom stereocenters. The Morgan fingerprint density at radius 3 is 2.68 bits per heavy atom. The highest BCUT2D eigenvalue weighted by Gasteiger charge is 2.29. The third kappa shape index (κ3) is 5.89. The zero-order valence-electron chi connectivity index (χ0n) is 12.4. The van der Waals surface area contributed by atoms with Crippen molar-refractivity contribution in [2.24, 2.45) is 17.6 Å². The van der Waals surface area contributed by atoms with Crippen molar-refractivity contribution in [2.75, 3.05) is 26.2 Å². The van der Waals surface area contributed by atoms with Crippen LogP contribution in [-0.2, 0) is 4.79 Å². The minimum atomic E-state index is -0.263. The van der Waals surface area contributed by atoms with E-state index in [1.54, 1.807) is 6.92 Å². The highest BCUT2D eigenvalue weighted by molar-refractivity contribution is 5.73. The fourth-order valence-corrected chi connectivity index (χ4v) is 2.84. The molecule has 5 nitrogen and oxygen atoms in total. The van der Waals surface area contributed by atoms with E-state index in [9.17, 15) is 9.90 Å². The first-order valence-electron chi connectivity index (χ1n) is 7.30. The molecule has 0 aliphatic carbocycles. The number of nitrogens with one attached hydrogen (secondary N) is 1. The lowest BCUT2D eigenvalue weighted by molar-refractivity contribution is -0.120. The van der Waals surface area contributed by atoms with Crippen LogP contribution in [0.5, 0.6) is 0 Å². The Bertz CT molecular complexity index is 284. The molecule has 112 valence electrons. The minimum absolute atomic E-state index is 0.0164. The van der Waals surface area contributed by atoms with Crippen molar-refractivity contribution in [2.45, 2.75) is 45.8 Å². The van der Waals surface area contributed by atoms with Crippen LogP contribution in [0.2, 0.25) is 0 Å². The first kappa shape index (κ1) is 16.4. The van der Waals surface area contributed by atoms with Gasteiger partial charge in [0.15, 0.2) is 0 Å². The molecule has 1 saturated heterocycles. The van der Waals surface area contributed by atoms with Crippen molar-refractivity contribution in [3.05, 3.63) is 0 Å². The number of piperidine rings is 1. The monoisotopic (exact) mass is 271 g/mol. The zero-order chi connectivity index (χ0) is 14.4. The molecular weight excluding hydrogens is 242 g/mol. The molecule has 1 heterocycles. The van der Waals surface area contributed by atoms with Crippen molar-refractivity contribution >= 4 is 5.91 Å². The normalized spacial score (nSPS) is 26.4. The van der Waals surface area contributed by atoms with Gasteiger partial charge < -0.3 is 16.2 Å². The van der Waals surface area contributed by atoms with Crippen LogP contribution in [0.15, 0.2) is 0 Å². The van der Waals surface area contributed by atoms with Crippen molar-refractivity contribution in [1.82, 2.24) is 10.2 Å². The molecule has 0 radical (unpaired) electrons. The van der Waals surface area contributed by atoms with E-state index in [0.717, 1.165) is 32.5 Å². The van der Waals surface area contributed by atoms with Crippen LogP contribution in [0.4, 0.5) is 0 Å². The molecular formula is C14H29N3O2. The maximum Gasteiger partial charge on any atom is 0.217 e. The highest BCUT2D eigenvalue weighted by Crippen LogP contribution is 2.23. The summed E-state index contributed by atoms with van der Waals surface area (Å²) in [6, 6.07) is 0.183. The SMILES string of the molecule is CC(=O)NC1CC(CC(O)C(C)C)CN(CCN)C1. The summed E-state index contributed by atoms with van der Waals surface area (Å²) in [5.41, 5.74) is 5.62. The molecule has 1 amide bonds. The quantitative estimate of drug-likeness (QED) is 0.644. The van der Waals surface area contributed by atoms with Gasteiger partial charge in [-0.25, -0.2) is 0 Å². The van der Waals surface area contributed by atoms with E-state index in [1.807, 2.05) is 13.8 Å². The summed E-state index contributed by atoms with van der Waals surface area (Å²) in [5, 5.41) is 13.0. The number of likely N-dealkylation sites (tertiary alicyclic amines) is 1. The van der Waals surface area contributed by atoms with Gasteiger partial charge in [-0.05, 0) is 24.7 Å². The molecule has 0 aromatic carbocycles. The molecule has 3 atom stereocenters. The number of carbonyl (C=O) groups excluding carboxylic acids is 1. The van der Waals surface area contributed by atoms with Gasteiger partial charge in [-0.3, -0.25) is 9.69 Å². The largest absolute Gasteiger partial charge is 0.393 e. The van der Waals surface area contributed by atoms with E-state index in [0.29, 0.717) is 12.5 Å². The van der Waals surface area contributed by atoms with Crippen LogP contribution in [0.25, 0.3) is 0 Å². The molecule has 1 aliphatic rings. The summed E-state index contributed by atoms with van der Waals surface area (Å²) in [5.74, 6) is 0.724. The van der Waals surface area contributed by atoms with Gasteiger partial charge in [0.1, 0.15) is 0 Å². The van der Waals surface area contributed by atoms with Gasteiger partial charge in [0.25, 0.3) is 0 Å². The molecule has 0 aromatic heterocycles. The van der Waals surface area contributed by atoms with Crippen LogP contribution in [0.3, 0.4) is 0 Å². The number of hydrogen-bond acceptors (Lipinski definition) is 4. The lowest BCUT2D eigenvalue weighted by Crippen LogP contribution is -2.52. The summed E-state index contributed by atoms with van der Waals surface area (Å²) in [6.07, 6.45) is 1.49. The van der Waals surface area contributed by atoms with Gasteiger partial charge in [0, 0.05) is 39.1 Å². The average Bonchev–Trinajstić information content (AvgIpc) is 2.27. The van der Waals surface area contributed by atoms with Gasteiger partial charge in [-0.15, -0.1) is 0 Å². The van der Waals surface area contributed by atoms with Crippen molar-refractivity contribution < 1.29 is 9.90 Å². The Hall–Kier alpha value is -0.650. The summed E-state index contributed by atoms with van der Waals surface area (Å²) in [6.45, 7) is 8.95. The molecule has 1 aliphatic heterocycles. The lowest BCUT2D eigenvalue weighted by Gasteiger charge is -2.39. The second-order valence-electron chi connectivity index (χ2n) is 6.09. The first-order valence-corrected chi connectivity index (χ1v) is 7.30. The third-order valence-corrected chi connectivity index (χ3v) is 3.81.